The Morgan fingerprint density at radius 3 is 2.52 bits per heavy atom. The van der Waals surface area contributed by atoms with E-state index in [-0.39, 0.29) is 23.3 Å². The van der Waals surface area contributed by atoms with Gasteiger partial charge in [0.25, 0.3) is 0 Å². The van der Waals surface area contributed by atoms with Gasteiger partial charge in [-0.1, -0.05) is 38.1 Å². The molecule has 0 saturated heterocycles. The second kappa shape index (κ2) is 5.51. The molecule has 1 amide bonds. The lowest BCUT2D eigenvalue weighted by atomic mass is 9.82. The van der Waals surface area contributed by atoms with Crippen molar-refractivity contribution in [1.82, 2.24) is 10.5 Å². The molecule has 21 heavy (non-hydrogen) atoms. The highest BCUT2D eigenvalue weighted by atomic mass is 16.5. The van der Waals surface area contributed by atoms with Gasteiger partial charge in [-0.15, -0.1) is 0 Å². The van der Waals surface area contributed by atoms with E-state index in [1.165, 1.54) is 0 Å². The van der Waals surface area contributed by atoms with Gasteiger partial charge < -0.3 is 9.84 Å². The number of aromatic nitrogens is 1. The highest BCUT2D eigenvalue weighted by Crippen LogP contribution is 2.27. The number of carbonyl (C=O) groups is 1. The molecule has 2 rings (SSSR count). The monoisotopic (exact) mass is 288 g/mol. The van der Waals surface area contributed by atoms with Crippen LogP contribution in [0.15, 0.2) is 28.8 Å². The molecular weight excluding hydrogens is 264 g/mol. The van der Waals surface area contributed by atoms with Crippen LogP contribution in [0.3, 0.4) is 0 Å². The van der Waals surface area contributed by atoms with E-state index in [1.54, 1.807) is 0 Å². The van der Waals surface area contributed by atoms with Crippen molar-refractivity contribution in [3.8, 4) is 0 Å². The van der Waals surface area contributed by atoms with E-state index in [1.807, 2.05) is 24.3 Å². The first-order valence-electron chi connectivity index (χ1n) is 7.31. The van der Waals surface area contributed by atoms with E-state index >= 15 is 0 Å². The van der Waals surface area contributed by atoms with E-state index in [0.29, 0.717) is 11.3 Å². The molecule has 114 valence electrons. The fourth-order valence-electron chi connectivity index (χ4n) is 3.01. The number of fused-ring (bicyclic) bond motifs is 1. The average Bonchev–Trinajstić information content (AvgIpc) is 2.68. The lowest BCUT2D eigenvalue weighted by Gasteiger charge is -2.33. The van der Waals surface area contributed by atoms with Crippen molar-refractivity contribution in [1.29, 1.82) is 0 Å². The maximum Gasteiger partial charge on any atom is 0.226 e. The standard InChI is InChI=1S/C17H24N2O2/c1-16(2,3)11-17(4,5)18-15(20)10-13-12-8-6-7-9-14(12)21-19-13/h6-9H,10-11H2,1-5H3,(H,18,20). The third kappa shape index (κ3) is 4.31. The molecule has 1 aromatic carbocycles. The zero-order valence-corrected chi connectivity index (χ0v) is 13.5. The summed E-state index contributed by atoms with van der Waals surface area (Å²) < 4.78 is 5.23. The van der Waals surface area contributed by atoms with Crippen molar-refractivity contribution in [3.05, 3.63) is 30.0 Å². The summed E-state index contributed by atoms with van der Waals surface area (Å²) in [6.07, 6.45) is 1.15. The van der Waals surface area contributed by atoms with Crippen LogP contribution in [0.2, 0.25) is 0 Å². The predicted molar refractivity (Wildman–Crippen MR) is 84.0 cm³/mol. The van der Waals surface area contributed by atoms with E-state index < -0.39 is 0 Å². The predicted octanol–water partition coefficient (Wildman–Crippen LogP) is 3.70. The Morgan fingerprint density at radius 2 is 1.86 bits per heavy atom. The summed E-state index contributed by atoms with van der Waals surface area (Å²) in [5.41, 5.74) is 1.33. The Morgan fingerprint density at radius 1 is 1.19 bits per heavy atom. The van der Waals surface area contributed by atoms with Crippen LogP contribution in [0.1, 0.15) is 46.7 Å². The number of hydrogen-bond acceptors (Lipinski definition) is 3. The van der Waals surface area contributed by atoms with Crippen LogP contribution in [0.4, 0.5) is 0 Å². The van der Waals surface area contributed by atoms with Crippen LogP contribution in [-0.2, 0) is 11.2 Å². The van der Waals surface area contributed by atoms with Gasteiger partial charge in [0.05, 0.1) is 6.42 Å². The summed E-state index contributed by atoms with van der Waals surface area (Å²) in [5.74, 6) is -0.0247. The Bertz CT molecular complexity index is 636. The first kappa shape index (κ1) is 15.5. The lowest BCUT2D eigenvalue weighted by Crippen LogP contribution is -2.46. The number of carbonyl (C=O) groups excluding carboxylic acids is 1. The Balaban J connectivity index is 2.05. The normalized spacial score (nSPS) is 12.6. The van der Waals surface area contributed by atoms with Crippen molar-refractivity contribution in [2.75, 3.05) is 0 Å². The summed E-state index contributed by atoms with van der Waals surface area (Å²) in [4.78, 5) is 12.3. The fraction of sp³-hybridized carbons (Fsp3) is 0.529. The van der Waals surface area contributed by atoms with Crippen LogP contribution in [-0.4, -0.2) is 16.6 Å². The summed E-state index contributed by atoms with van der Waals surface area (Å²) in [7, 11) is 0. The first-order chi connectivity index (χ1) is 9.66. The molecule has 1 heterocycles. The van der Waals surface area contributed by atoms with Crippen molar-refractivity contribution >= 4 is 16.9 Å². The van der Waals surface area contributed by atoms with Crippen LogP contribution in [0.5, 0.6) is 0 Å². The van der Waals surface area contributed by atoms with Gasteiger partial charge in [-0.05, 0) is 37.8 Å². The third-order valence-corrected chi connectivity index (χ3v) is 3.23. The first-order valence-corrected chi connectivity index (χ1v) is 7.31. The smallest absolute Gasteiger partial charge is 0.226 e. The third-order valence-electron chi connectivity index (χ3n) is 3.23. The van der Waals surface area contributed by atoms with Crippen molar-refractivity contribution < 1.29 is 9.32 Å². The molecule has 4 nitrogen and oxygen atoms in total. The number of hydrogen-bond donors (Lipinski definition) is 1. The van der Waals surface area contributed by atoms with Crippen molar-refractivity contribution in [2.24, 2.45) is 5.41 Å². The zero-order chi connectivity index (χ0) is 15.7. The van der Waals surface area contributed by atoms with Gasteiger partial charge in [-0.25, -0.2) is 0 Å². The second-order valence-electron chi connectivity index (χ2n) is 7.47. The minimum atomic E-state index is -0.241. The number of nitrogens with one attached hydrogen (secondary N) is 1. The van der Waals surface area contributed by atoms with Gasteiger partial charge >= 0.3 is 0 Å². The molecular formula is C17H24N2O2. The Kier molecular flexibility index (Phi) is 4.08. The van der Waals surface area contributed by atoms with Gasteiger partial charge in [0, 0.05) is 10.9 Å². The van der Waals surface area contributed by atoms with Crippen LogP contribution in [0.25, 0.3) is 11.0 Å². The number of amides is 1. The van der Waals surface area contributed by atoms with Gasteiger partial charge in [0.1, 0.15) is 5.69 Å². The van der Waals surface area contributed by atoms with Crippen molar-refractivity contribution in [2.45, 2.75) is 53.0 Å². The molecule has 0 aliphatic carbocycles. The molecule has 0 atom stereocenters. The van der Waals surface area contributed by atoms with E-state index in [9.17, 15) is 4.79 Å². The van der Waals surface area contributed by atoms with E-state index in [2.05, 4.69) is 45.1 Å². The van der Waals surface area contributed by atoms with Gasteiger partial charge in [-0.2, -0.15) is 0 Å². The van der Waals surface area contributed by atoms with Gasteiger partial charge in [0.2, 0.25) is 5.91 Å². The summed E-state index contributed by atoms with van der Waals surface area (Å²) in [6, 6.07) is 7.59. The van der Waals surface area contributed by atoms with Gasteiger partial charge in [0.15, 0.2) is 5.58 Å². The molecule has 0 aliphatic rings. The van der Waals surface area contributed by atoms with Crippen LogP contribution < -0.4 is 5.32 Å². The second-order valence-corrected chi connectivity index (χ2v) is 7.47. The van der Waals surface area contributed by atoms with E-state index in [0.717, 1.165) is 11.8 Å². The average molecular weight is 288 g/mol. The minimum Gasteiger partial charge on any atom is -0.356 e. The highest BCUT2D eigenvalue weighted by Gasteiger charge is 2.27. The number of nitrogens with zero attached hydrogens (tertiary/aromatic N) is 1. The topological polar surface area (TPSA) is 55.1 Å². The maximum absolute atomic E-state index is 12.3. The zero-order valence-electron chi connectivity index (χ0n) is 13.5. The molecule has 0 saturated carbocycles. The molecule has 0 fully saturated rings. The molecule has 2 aromatic rings. The summed E-state index contributed by atoms with van der Waals surface area (Å²) in [5, 5.41) is 8.00. The summed E-state index contributed by atoms with van der Waals surface area (Å²) >= 11 is 0. The number of rotatable bonds is 4. The molecule has 1 N–H and O–H groups in total. The molecule has 4 heteroatoms. The number of para-hydroxylation sites is 1. The SMILES string of the molecule is CC(C)(C)CC(C)(C)NC(=O)Cc1noc2ccccc12. The number of benzene rings is 1. The lowest BCUT2D eigenvalue weighted by molar-refractivity contribution is -0.122. The molecule has 0 spiro atoms. The highest BCUT2D eigenvalue weighted by molar-refractivity contribution is 5.86. The Hall–Kier alpha value is -1.84. The quantitative estimate of drug-likeness (QED) is 0.933. The molecule has 1 aromatic heterocycles. The van der Waals surface area contributed by atoms with Crippen LogP contribution in [0, 0.1) is 5.41 Å². The largest absolute Gasteiger partial charge is 0.356 e. The minimum absolute atomic E-state index is 0.0247. The van der Waals surface area contributed by atoms with Crippen LogP contribution >= 0.6 is 0 Å². The van der Waals surface area contributed by atoms with Crippen molar-refractivity contribution in [3.63, 3.8) is 0 Å². The fourth-order valence-corrected chi connectivity index (χ4v) is 3.01. The summed E-state index contributed by atoms with van der Waals surface area (Å²) in [6.45, 7) is 10.6. The van der Waals surface area contributed by atoms with Gasteiger partial charge in [-0.3, -0.25) is 4.79 Å². The Labute approximate surface area is 125 Å². The molecule has 0 unspecified atom stereocenters. The van der Waals surface area contributed by atoms with E-state index in [4.69, 9.17) is 4.52 Å². The molecule has 0 bridgehead atoms. The maximum atomic E-state index is 12.3. The molecule has 0 aliphatic heterocycles. The molecule has 0 radical (unpaired) electrons.